The third-order valence-electron chi connectivity index (χ3n) is 4.10. The van der Waals surface area contributed by atoms with E-state index in [2.05, 4.69) is 22.5 Å². The van der Waals surface area contributed by atoms with Crippen LogP contribution in [0.4, 0.5) is 0 Å². The predicted octanol–water partition coefficient (Wildman–Crippen LogP) is 2.12. The van der Waals surface area contributed by atoms with E-state index in [0.717, 1.165) is 23.8 Å². The molecule has 0 heterocycles. The van der Waals surface area contributed by atoms with Crippen molar-refractivity contribution in [1.82, 2.24) is 14.9 Å². The molecule has 144 valence electrons. The average molecular weight is 492 g/mol. The number of nitrogens with zero attached hydrogens (tertiary/aromatic N) is 2. The van der Waals surface area contributed by atoms with E-state index in [0.29, 0.717) is 31.6 Å². The number of hydrogen-bond acceptors (Lipinski definition) is 4. The average Bonchev–Trinajstić information content (AvgIpc) is 2.94. The maximum Gasteiger partial charge on any atom is 0.215 e. The van der Waals surface area contributed by atoms with Crippen molar-refractivity contribution in [2.45, 2.75) is 51.3 Å². The lowest BCUT2D eigenvalue weighted by Crippen LogP contribution is -2.45. The minimum Gasteiger partial charge on any atom is -0.355 e. The number of aliphatic imine (C=N–C) groups is 1. The van der Waals surface area contributed by atoms with Gasteiger partial charge in [0.2, 0.25) is 10.0 Å². The maximum absolute atomic E-state index is 12.1. The first-order valence-electron chi connectivity index (χ1n) is 8.53. The highest BCUT2D eigenvalue weighted by Crippen LogP contribution is 2.29. The van der Waals surface area contributed by atoms with E-state index in [-0.39, 0.29) is 29.7 Å². The lowest BCUT2D eigenvalue weighted by Gasteiger charge is -2.20. The quantitative estimate of drug-likeness (QED) is 0.293. The number of thioether (sulfide) groups is 1. The highest BCUT2D eigenvalue weighted by atomic mass is 127. The highest BCUT2D eigenvalue weighted by molar-refractivity contribution is 14.0. The zero-order valence-corrected chi connectivity index (χ0v) is 19.2. The van der Waals surface area contributed by atoms with Crippen molar-refractivity contribution in [2.75, 3.05) is 38.2 Å². The second-order valence-corrected chi connectivity index (χ2v) is 9.30. The van der Waals surface area contributed by atoms with Gasteiger partial charge in [0.25, 0.3) is 0 Å². The second kappa shape index (κ2) is 12.6. The minimum atomic E-state index is -3.19. The van der Waals surface area contributed by atoms with Crippen molar-refractivity contribution in [1.29, 1.82) is 0 Å². The highest BCUT2D eigenvalue weighted by Gasteiger charge is 2.25. The molecule has 6 nitrogen and oxygen atoms in total. The van der Waals surface area contributed by atoms with Crippen LogP contribution in [-0.2, 0) is 10.0 Å². The van der Waals surface area contributed by atoms with E-state index in [9.17, 15) is 8.42 Å². The fourth-order valence-corrected chi connectivity index (χ4v) is 5.44. The molecule has 1 fully saturated rings. The molecule has 2 unspecified atom stereocenters. The molecule has 1 aliphatic rings. The molecule has 1 saturated carbocycles. The zero-order chi connectivity index (χ0) is 17.3. The SMILES string of the molecule is CCSC1CCC(NC(=NC)NCCS(=O)(=O)N(CC)CC)C1.I. The molecule has 0 aliphatic heterocycles. The summed E-state index contributed by atoms with van der Waals surface area (Å²) in [5, 5.41) is 7.28. The van der Waals surface area contributed by atoms with E-state index >= 15 is 0 Å². The van der Waals surface area contributed by atoms with E-state index < -0.39 is 10.0 Å². The molecule has 2 atom stereocenters. The molecule has 2 N–H and O–H groups in total. The van der Waals surface area contributed by atoms with Gasteiger partial charge >= 0.3 is 0 Å². The molecule has 0 radical (unpaired) electrons. The van der Waals surface area contributed by atoms with Crippen LogP contribution in [0.2, 0.25) is 0 Å². The Hall–Kier alpha value is 0.260. The van der Waals surface area contributed by atoms with Crippen LogP contribution in [0.5, 0.6) is 0 Å². The van der Waals surface area contributed by atoms with Gasteiger partial charge in [0, 0.05) is 38.0 Å². The first-order chi connectivity index (χ1) is 11.0. The van der Waals surface area contributed by atoms with Crippen LogP contribution in [-0.4, -0.2) is 68.2 Å². The van der Waals surface area contributed by atoms with Crippen LogP contribution >= 0.6 is 35.7 Å². The molecule has 9 heteroatoms. The van der Waals surface area contributed by atoms with Crippen LogP contribution in [0.15, 0.2) is 4.99 Å². The third kappa shape index (κ3) is 8.09. The van der Waals surface area contributed by atoms with Gasteiger partial charge in [-0.25, -0.2) is 12.7 Å². The Morgan fingerprint density at radius 3 is 2.46 bits per heavy atom. The summed E-state index contributed by atoms with van der Waals surface area (Å²) in [6.07, 6.45) is 3.54. The summed E-state index contributed by atoms with van der Waals surface area (Å²) in [6.45, 7) is 7.33. The number of sulfonamides is 1. The summed E-state index contributed by atoms with van der Waals surface area (Å²) >= 11 is 2.02. The summed E-state index contributed by atoms with van der Waals surface area (Å²) in [4.78, 5) is 4.21. The molecule has 0 aromatic rings. The molecule has 0 amide bonds. The Balaban J connectivity index is 0.00000529. The smallest absolute Gasteiger partial charge is 0.215 e. The first kappa shape index (κ1) is 24.3. The molecule has 0 aromatic carbocycles. The molecule has 24 heavy (non-hydrogen) atoms. The monoisotopic (exact) mass is 492 g/mol. The van der Waals surface area contributed by atoms with E-state index in [1.54, 1.807) is 7.05 Å². The van der Waals surface area contributed by atoms with Crippen molar-refractivity contribution in [2.24, 2.45) is 4.99 Å². The number of hydrogen-bond donors (Lipinski definition) is 2. The van der Waals surface area contributed by atoms with E-state index in [1.807, 2.05) is 25.6 Å². The standard InChI is InChI=1S/C15H32N4O2S2.HI/c1-5-19(6-2)23(20,21)11-10-17-15(16-4)18-13-8-9-14(12-13)22-7-3;/h13-14H,5-12H2,1-4H3,(H2,16,17,18);1H. The van der Waals surface area contributed by atoms with Crippen molar-refractivity contribution >= 4 is 51.7 Å². The van der Waals surface area contributed by atoms with Gasteiger partial charge in [0.15, 0.2) is 5.96 Å². The summed E-state index contributed by atoms with van der Waals surface area (Å²) in [5.41, 5.74) is 0. The third-order valence-corrected chi connectivity index (χ3v) is 7.36. The van der Waals surface area contributed by atoms with Gasteiger partial charge < -0.3 is 10.6 Å². The molecule has 0 aromatic heterocycles. The van der Waals surface area contributed by atoms with Crippen molar-refractivity contribution in [3.8, 4) is 0 Å². The van der Waals surface area contributed by atoms with Gasteiger partial charge in [0.1, 0.15) is 0 Å². The van der Waals surface area contributed by atoms with Gasteiger partial charge in [0.05, 0.1) is 5.75 Å². The molecular formula is C15H33IN4O2S2. The fraction of sp³-hybridized carbons (Fsp3) is 0.933. The Bertz CT molecular complexity index is 470. The van der Waals surface area contributed by atoms with Crippen LogP contribution in [0.25, 0.3) is 0 Å². The topological polar surface area (TPSA) is 73.8 Å². The van der Waals surface area contributed by atoms with Crippen molar-refractivity contribution < 1.29 is 8.42 Å². The first-order valence-corrected chi connectivity index (χ1v) is 11.2. The van der Waals surface area contributed by atoms with Crippen LogP contribution in [0.1, 0.15) is 40.0 Å². The van der Waals surface area contributed by atoms with Crippen molar-refractivity contribution in [3.63, 3.8) is 0 Å². The lowest BCUT2D eigenvalue weighted by atomic mass is 10.2. The summed E-state index contributed by atoms with van der Waals surface area (Å²) in [6, 6.07) is 0.435. The molecule has 1 aliphatic carbocycles. The Labute approximate surface area is 169 Å². The second-order valence-electron chi connectivity index (χ2n) is 5.63. The largest absolute Gasteiger partial charge is 0.355 e. The van der Waals surface area contributed by atoms with E-state index in [4.69, 9.17) is 0 Å². The number of nitrogens with one attached hydrogen (secondary N) is 2. The summed E-state index contributed by atoms with van der Waals surface area (Å²) in [5.74, 6) is 1.95. The number of guanidine groups is 1. The predicted molar refractivity (Wildman–Crippen MR) is 116 cm³/mol. The van der Waals surface area contributed by atoms with Gasteiger partial charge in [-0.1, -0.05) is 20.8 Å². The Morgan fingerprint density at radius 2 is 1.92 bits per heavy atom. The van der Waals surface area contributed by atoms with Crippen molar-refractivity contribution in [3.05, 3.63) is 0 Å². The molecule has 0 saturated heterocycles. The fourth-order valence-electron chi connectivity index (χ4n) is 2.89. The van der Waals surface area contributed by atoms with Gasteiger partial charge in [-0.05, 0) is 25.0 Å². The Kier molecular flexibility index (Phi) is 12.7. The normalized spacial score (nSPS) is 21.6. The molecule has 0 spiro atoms. The lowest BCUT2D eigenvalue weighted by molar-refractivity contribution is 0.445. The maximum atomic E-state index is 12.1. The van der Waals surface area contributed by atoms with Crippen LogP contribution in [0.3, 0.4) is 0 Å². The van der Waals surface area contributed by atoms with Gasteiger partial charge in [-0.2, -0.15) is 11.8 Å². The number of rotatable bonds is 9. The molecule has 0 bridgehead atoms. The van der Waals surface area contributed by atoms with Gasteiger partial charge in [-0.3, -0.25) is 4.99 Å². The van der Waals surface area contributed by atoms with Crippen LogP contribution < -0.4 is 10.6 Å². The number of halogens is 1. The molecular weight excluding hydrogens is 459 g/mol. The van der Waals surface area contributed by atoms with E-state index in [1.165, 1.54) is 10.7 Å². The van der Waals surface area contributed by atoms with Gasteiger partial charge in [-0.15, -0.1) is 24.0 Å². The summed E-state index contributed by atoms with van der Waals surface area (Å²) in [7, 11) is -1.46. The Morgan fingerprint density at radius 1 is 1.25 bits per heavy atom. The zero-order valence-electron chi connectivity index (χ0n) is 15.2. The van der Waals surface area contributed by atoms with Crippen LogP contribution in [0, 0.1) is 0 Å². The molecule has 1 rings (SSSR count). The minimum absolute atomic E-state index is 0. The summed E-state index contributed by atoms with van der Waals surface area (Å²) < 4.78 is 25.8.